The number of para-hydroxylation sites is 1. The van der Waals surface area contributed by atoms with Crippen LogP contribution in [0, 0.1) is 6.92 Å². The van der Waals surface area contributed by atoms with Gasteiger partial charge in [-0.1, -0.05) is 44.4 Å². The molecule has 1 amide bonds. The van der Waals surface area contributed by atoms with Crippen LogP contribution in [0.2, 0.25) is 0 Å². The fourth-order valence-electron chi connectivity index (χ4n) is 4.64. The number of benzene rings is 1. The number of aryl methyl sites for hydroxylation is 1. The van der Waals surface area contributed by atoms with Crippen LogP contribution in [0.4, 0.5) is 11.5 Å². The van der Waals surface area contributed by atoms with Crippen molar-refractivity contribution >= 4 is 17.4 Å². The number of H-pyrrole nitrogens is 1. The van der Waals surface area contributed by atoms with Crippen molar-refractivity contribution in [1.29, 1.82) is 0 Å². The van der Waals surface area contributed by atoms with E-state index in [1.807, 2.05) is 50.1 Å². The SMILES string of the molecule is CCCCn1c(N)c(N(C(=O)CN(C)CCCOc2ccccc2C)C2CCCC2)c(=O)[nH]c1=O. The van der Waals surface area contributed by atoms with Crippen LogP contribution >= 0.6 is 0 Å². The molecule has 0 radical (unpaired) electrons. The smallest absolute Gasteiger partial charge is 0.330 e. The van der Waals surface area contributed by atoms with Crippen molar-refractivity contribution in [1.82, 2.24) is 14.5 Å². The van der Waals surface area contributed by atoms with Crippen LogP contribution in [0.1, 0.15) is 57.4 Å². The molecule has 1 aliphatic carbocycles. The Morgan fingerprint density at radius 1 is 1.20 bits per heavy atom. The lowest BCUT2D eigenvalue weighted by Crippen LogP contribution is -2.48. The Hall–Kier alpha value is -3.07. The summed E-state index contributed by atoms with van der Waals surface area (Å²) in [6, 6.07) is 7.79. The number of carbonyl (C=O) groups excluding carboxylic acids is 1. The lowest BCUT2D eigenvalue weighted by Gasteiger charge is -2.31. The van der Waals surface area contributed by atoms with E-state index < -0.39 is 11.2 Å². The molecule has 0 aliphatic heterocycles. The highest BCUT2D eigenvalue weighted by molar-refractivity contribution is 5.97. The van der Waals surface area contributed by atoms with Crippen molar-refractivity contribution in [3.8, 4) is 5.75 Å². The van der Waals surface area contributed by atoms with Gasteiger partial charge >= 0.3 is 5.69 Å². The Morgan fingerprint density at radius 2 is 1.91 bits per heavy atom. The monoisotopic (exact) mass is 485 g/mol. The van der Waals surface area contributed by atoms with Crippen LogP contribution in [-0.4, -0.2) is 53.1 Å². The number of nitrogens with two attached hydrogens (primary N) is 1. The number of unbranched alkanes of at least 4 members (excludes halogenated alkanes) is 1. The molecule has 192 valence electrons. The first-order valence-electron chi connectivity index (χ1n) is 12.6. The van der Waals surface area contributed by atoms with Gasteiger partial charge in [0.2, 0.25) is 5.91 Å². The molecule has 1 saturated carbocycles. The van der Waals surface area contributed by atoms with E-state index in [0.29, 0.717) is 19.7 Å². The van der Waals surface area contributed by atoms with Crippen LogP contribution in [0.25, 0.3) is 0 Å². The van der Waals surface area contributed by atoms with Gasteiger partial charge in [0.05, 0.1) is 13.2 Å². The summed E-state index contributed by atoms with van der Waals surface area (Å²) in [5.41, 5.74) is 6.41. The van der Waals surface area contributed by atoms with E-state index >= 15 is 0 Å². The topological polar surface area (TPSA) is 114 Å². The van der Waals surface area contributed by atoms with Gasteiger partial charge in [-0.05, 0) is 51.3 Å². The van der Waals surface area contributed by atoms with E-state index in [9.17, 15) is 14.4 Å². The van der Waals surface area contributed by atoms with Crippen LogP contribution in [0.5, 0.6) is 5.75 Å². The van der Waals surface area contributed by atoms with E-state index in [1.165, 1.54) is 4.57 Å². The molecule has 9 heteroatoms. The standard InChI is InChI=1S/C26H39N5O4/c1-4-5-16-30-24(27)23(25(33)28-26(30)34)31(20-12-7-8-13-20)22(32)18-29(3)15-10-17-35-21-14-9-6-11-19(21)2/h6,9,11,14,20H,4-5,7-8,10,12-13,15-18,27H2,1-3H3,(H,28,33,34). The maximum absolute atomic E-state index is 13.5. The molecule has 0 unspecified atom stereocenters. The maximum Gasteiger partial charge on any atom is 0.330 e. The van der Waals surface area contributed by atoms with Crippen LogP contribution in [0.3, 0.4) is 0 Å². The van der Waals surface area contributed by atoms with E-state index in [0.717, 1.165) is 56.3 Å². The molecule has 1 heterocycles. The number of nitrogens with zero attached hydrogens (tertiary/aromatic N) is 3. The lowest BCUT2D eigenvalue weighted by molar-refractivity contribution is -0.120. The number of aromatic amines is 1. The Labute approximate surface area is 206 Å². The number of aromatic nitrogens is 2. The minimum atomic E-state index is -0.602. The van der Waals surface area contributed by atoms with Crippen molar-refractivity contribution in [3.63, 3.8) is 0 Å². The third kappa shape index (κ3) is 6.75. The number of amides is 1. The van der Waals surface area contributed by atoms with Crippen LogP contribution in [0.15, 0.2) is 33.9 Å². The predicted molar refractivity (Wildman–Crippen MR) is 139 cm³/mol. The fraction of sp³-hybridized carbons (Fsp3) is 0.577. The first-order valence-corrected chi connectivity index (χ1v) is 12.6. The number of rotatable bonds is 12. The number of nitrogen functional groups attached to an aromatic ring is 1. The van der Waals surface area contributed by atoms with Gasteiger partial charge in [-0.15, -0.1) is 0 Å². The third-order valence-electron chi connectivity index (χ3n) is 6.59. The van der Waals surface area contributed by atoms with Gasteiger partial charge in [0.15, 0.2) is 5.69 Å². The Balaban J connectivity index is 1.71. The molecule has 3 rings (SSSR count). The molecule has 1 aromatic heterocycles. The normalized spacial score (nSPS) is 13.9. The second-order valence-corrected chi connectivity index (χ2v) is 9.41. The molecule has 1 aliphatic rings. The van der Waals surface area contributed by atoms with Gasteiger partial charge in [-0.25, -0.2) is 4.79 Å². The fourth-order valence-corrected chi connectivity index (χ4v) is 4.64. The van der Waals surface area contributed by atoms with Gasteiger partial charge in [0.1, 0.15) is 11.6 Å². The molecule has 1 aromatic carbocycles. The summed E-state index contributed by atoms with van der Waals surface area (Å²) in [5, 5.41) is 0. The molecular weight excluding hydrogens is 446 g/mol. The van der Waals surface area contributed by atoms with Crippen molar-refractivity contribution in [2.24, 2.45) is 0 Å². The largest absolute Gasteiger partial charge is 0.493 e. The molecule has 2 aromatic rings. The zero-order valence-corrected chi connectivity index (χ0v) is 21.2. The third-order valence-corrected chi connectivity index (χ3v) is 6.59. The van der Waals surface area contributed by atoms with Crippen molar-refractivity contribution < 1.29 is 9.53 Å². The summed E-state index contributed by atoms with van der Waals surface area (Å²) in [5.74, 6) is 0.755. The second kappa shape index (κ2) is 12.6. The second-order valence-electron chi connectivity index (χ2n) is 9.41. The number of nitrogens with one attached hydrogen (secondary N) is 1. The van der Waals surface area contributed by atoms with Gasteiger partial charge < -0.3 is 15.4 Å². The highest BCUT2D eigenvalue weighted by Gasteiger charge is 2.32. The molecule has 35 heavy (non-hydrogen) atoms. The first-order chi connectivity index (χ1) is 16.8. The summed E-state index contributed by atoms with van der Waals surface area (Å²) >= 11 is 0. The maximum atomic E-state index is 13.5. The predicted octanol–water partition coefficient (Wildman–Crippen LogP) is 2.90. The summed E-state index contributed by atoms with van der Waals surface area (Å²) in [7, 11) is 1.88. The van der Waals surface area contributed by atoms with E-state index in [1.54, 1.807) is 4.90 Å². The quantitative estimate of drug-likeness (QED) is 0.447. The van der Waals surface area contributed by atoms with Crippen molar-refractivity contribution in [3.05, 3.63) is 50.7 Å². The number of ether oxygens (including phenoxy) is 1. The van der Waals surface area contributed by atoms with Crippen LogP contribution < -0.4 is 26.6 Å². The minimum absolute atomic E-state index is 0.0710. The molecule has 1 fully saturated rings. The Morgan fingerprint density at radius 3 is 2.60 bits per heavy atom. The minimum Gasteiger partial charge on any atom is -0.493 e. The molecule has 9 nitrogen and oxygen atoms in total. The molecule has 0 spiro atoms. The Kier molecular flexibility index (Phi) is 9.54. The van der Waals surface area contributed by atoms with Gasteiger partial charge in [-0.2, -0.15) is 0 Å². The van der Waals surface area contributed by atoms with E-state index in [4.69, 9.17) is 10.5 Å². The molecule has 3 N–H and O–H groups in total. The molecule has 0 atom stereocenters. The van der Waals surface area contributed by atoms with Gasteiger partial charge in [-0.3, -0.25) is 24.0 Å². The number of likely N-dealkylation sites (N-methyl/N-ethyl adjacent to an activating group) is 1. The summed E-state index contributed by atoms with van der Waals surface area (Å²) < 4.78 is 7.24. The zero-order chi connectivity index (χ0) is 25.4. The van der Waals surface area contributed by atoms with Gasteiger partial charge in [0, 0.05) is 19.1 Å². The van der Waals surface area contributed by atoms with Crippen molar-refractivity contribution in [2.75, 3.05) is 37.4 Å². The highest BCUT2D eigenvalue weighted by Crippen LogP contribution is 2.29. The van der Waals surface area contributed by atoms with Crippen LogP contribution in [-0.2, 0) is 11.3 Å². The highest BCUT2D eigenvalue weighted by atomic mass is 16.5. The van der Waals surface area contributed by atoms with Crippen molar-refractivity contribution in [2.45, 2.75) is 71.4 Å². The molecule has 0 saturated heterocycles. The molecule has 0 bridgehead atoms. The van der Waals surface area contributed by atoms with E-state index in [-0.39, 0.29) is 30.0 Å². The number of hydrogen-bond acceptors (Lipinski definition) is 6. The summed E-state index contributed by atoms with van der Waals surface area (Å²) in [6.07, 6.45) is 6.00. The number of anilines is 2. The summed E-state index contributed by atoms with van der Waals surface area (Å²) in [4.78, 5) is 44.6. The summed E-state index contributed by atoms with van der Waals surface area (Å²) in [6.45, 7) is 5.79. The number of hydrogen-bond donors (Lipinski definition) is 2. The lowest BCUT2D eigenvalue weighted by atomic mass is 10.1. The van der Waals surface area contributed by atoms with E-state index in [2.05, 4.69) is 4.98 Å². The molecular formula is C26H39N5O4. The first kappa shape index (κ1) is 26.5. The zero-order valence-electron chi connectivity index (χ0n) is 21.2. The average Bonchev–Trinajstić information content (AvgIpc) is 3.34. The number of carbonyl (C=O) groups is 1. The average molecular weight is 486 g/mol. The Bertz CT molecular complexity index is 1100. The van der Waals surface area contributed by atoms with Gasteiger partial charge in [0.25, 0.3) is 5.56 Å².